The summed E-state index contributed by atoms with van der Waals surface area (Å²) in [5.41, 5.74) is -1.07. The van der Waals surface area contributed by atoms with Crippen LogP contribution in [0.2, 0.25) is 5.28 Å². The molecule has 270 valence electrons. The van der Waals surface area contributed by atoms with E-state index in [0.29, 0.717) is 12.1 Å². The number of aromatic nitrogens is 3. The number of rotatable bonds is 12. The Morgan fingerprint density at radius 3 is 1.70 bits per heavy atom. The Hall–Kier alpha value is -3.36. The van der Waals surface area contributed by atoms with Crippen molar-refractivity contribution in [2.45, 2.75) is 19.6 Å². The van der Waals surface area contributed by atoms with E-state index in [-0.39, 0.29) is 91.6 Å². The zero-order valence-corrected chi connectivity index (χ0v) is 35.7. The van der Waals surface area contributed by atoms with Crippen LogP contribution in [-0.4, -0.2) is 62.8 Å². The molecule has 5 rings (SSSR count). The van der Waals surface area contributed by atoms with Gasteiger partial charge in [-0.1, -0.05) is 13.2 Å². The van der Waals surface area contributed by atoms with Crippen LogP contribution in [0.25, 0.3) is 10.8 Å². The van der Waals surface area contributed by atoms with Crippen LogP contribution in [0.1, 0.15) is 0 Å². The molecule has 0 atom stereocenters. The first-order chi connectivity index (χ1) is 24.2. The number of hydrogen-bond donors (Lipinski definition) is 3. The van der Waals surface area contributed by atoms with Gasteiger partial charge in [-0.25, -0.2) is 33.7 Å². The first-order valence-corrected chi connectivity index (χ1v) is 20.1. The summed E-state index contributed by atoms with van der Waals surface area (Å²) in [6.45, 7) is 6.48. The number of azo groups is 1. The van der Waals surface area contributed by atoms with Crippen molar-refractivity contribution in [2.24, 2.45) is 10.2 Å². The summed E-state index contributed by atoms with van der Waals surface area (Å²) in [5, 5.41) is 24.5. The normalized spacial score (nSPS) is 12.1. The number of hydrogen-bond acceptors (Lipinski definition) is 18. The molecular weight excluding hydrogens is 832 g/mol. The van der Waals surface area contributed by atoms with Crippen LogP contribution in [-0.2, 0) is 39.9 Å². The van der Waals surface area contributed by atoms with Gasteiger partial charge in [0.1, 0.15) is 25.9 Å². The van der Waals surface area contributed by atoms with Crippen molar-refractivity contribution in [3.63, 3.8) is 0 Å². The van der Waals surface area contributed by atoms with E-state index in [9.17, 15) is 47.9 Å². The molecular formula is C29H20ClN7Na2O11S4. The summed E-state index contributed by atoms with van der Waals surface area (Å²) in [5.74, 6) is -1.65. The van der Waals surface area contributed by atoms with Gasteiger partial charge in [-0.2, -0.15) is 20.1 Å². The van der Waals surface area contributed by atoms with Crippen LogP contribution in [0.5, 0.6) is 5.75 Å². The van der Waals surface area contributed by atoms with Gasteiger partial charge in [0, 0.05) is 21.9 Å². The second-order valence-electron chi connectivity index (χ2n) is 10.2. The Bertz CT molecular complexity index is 2780. The second-order valence-corrected chi connectivity index (χ2v) is 17.0. The van der Waals surface area contributed by atoms with Crippen LogP contribution in [0.4, 0.5) is 34.6 Å². The van der Waals surface area contributed by atoms with Crippen molar-refractivity contribution < 1.29 is 107 Å². The van der Waals surface area contributed by atoms with Crippen molar-refractivity contribution in [2.75, 3.05) is 10.6 Å². The Balaban J connectivity index is 0.00000392. The number of phenolic OH excluding ortho intramolecular Hbond substituents is 1. The molecule has 0 spiro atoms. The maximum Gasteiger partial charge on any atom is 1.00 e. The Morgan fingerprint density at radius 2 is 1.20 bits per heavy atom. The fourth-order valence-electron chi connectivity index (χ4n) is 4.43. The third kappa shape index (κ3) is 10.3. The summed E-state index contributed by atoms with van der Waals surface area (Å²) in [4.78, 5) is 9.66. The van der Waals surface area contributed by atoms with E-state index >= 15 is 0 Å². The molecule has 18 nitrogen and oxygen atoms in total. The molecule has 0 aliphatic carbocycles. The molecule has 0 radical (unpaired) electrons. The standard InChI is InChI=1S/C29H22ClN7O11S4.2Na/c1-3-49(39,40)19-9-5-17(6-10-19)31-28-33-27(30)34-29(35-28)32-22-15-21(51(43,44)45)13-16-14-23(52(46,47)48)25(26(38)24(16)22)37-36-18-7-11-20(12-8-18)50(41,42)4-2;;/h3-15,38H,1-2H2,(H,43,44,45)(H,46,47,48)(H2,31,32,33,34,35);;/q;2*+1/p-2. The van der Waals surface area contributed by atoms with E-state index in [1.165, 1.54) is 36.4 Å². The minimum Gasteiger partial charge on any atom is -0.744 e. The van der Waals surface area contributed by atoms with Gasteiger partial charge in [0.15, 0.2) is 25.4 Å². The number of phenols is 1. The minimum atomic E-state index is -5.45. The van der Waals surface area contributed by atoms with E-state index in [1.54, 1.807) is 0 Å². The molecule has 0 fully saturated rings. The fraction of sp³-hybridized carbons (Fsp3) is 0. The number of fused-ring (bicyclic) bond motifs is 1. The van der Waals surface area contributed by atoms with Gasteiger partial charge in [-0.15, -0.1) is 5.11 Å². The summed E-state index contributed by atoms with van der Waals surface area (Å²) in [7, 11) is -18.2. The molecule has 0 saturated carbocycles. The zero-order valence-electron chi connectivity index (χ0n) is 27.7. The number of halogens is 1. The first kappa shape index (κ1) is 45.0. The zero-order chi connectivity index (χ0) is 38.2. The number of benzene rings is 4. The molecule has 0 amide bonds. The van der Waals surface area contributed by atoms with Gasteiger partial charge in [-0.05, 0) is 83.7 Å². The summed E-state index contributed by atoms with van der Waals surface area (Å²) in [6.07, 6.45) is 0. The molecule has 25 heteroatoms. The number of aromatic hydroxyl groups is 1. The SMILES string of the molecule is C=CS(=O)(=O)c1ccc(N=Nc2c(S(=O)(=O)[O-])cc3cc(S(=O)(=O)[O-])cc(Nc4nc(Cl)nc(Nc5ccc(S(=O)(=O)C=C)cc5)n4)c3c2O)cc1.[Na+].[Na+]. The number of nitrogens with zero attached hydrogens (tertiary/aromatic N) is 5. The van der Waals surface area contributed by atoms with Crippen LogP contribution < -0.4 is 69.7 Å². The minimum absolute atomic E-state index is 0. The molecule has 1 heterocycles. The molecule has 1 aromatic heterocycles. The smallest absolute Gasteiger partial charge is 0.744 e. The predicted molar refractivity (Wildman–Crippen MR) is 185 cm³/mol. The first-order valence-electron chi connectivity index (χ1n) is 13.8. The molecule has 4 aromatic carbocycles. The molecule has 0 aliphatic rings. The Labute approximate surface area is 357 Å². The number of sulfone groups is 2. The average molecular weight is 852 g/mol. The summed E-state index contributed by atoms with van der Waals surface area (Å²) >= 11 is 6.08. The number of nitrogens with one attached hydrogen (secondary N) is 2. The molecule has 0 saturated heterocycles. The molecule has 0 unspecified atom stereocenters. The van der Waals surface area contributed by atoms with Crippen molar-refractivity contribution >= 4 is 96.9 Å². The molecule has 0 aliphatic heterocycles. The van der Waals surface area contributed by atoms with Gasteiger partial charge >= 0.3 is 59.1 Å². The third-order valence-corrected chi connectivity index (χ3v) is 11.4. The Morgan fingerprint density at radius 1 is 0.685 bits per heavy atom. The van der Waals surface area contributed by atoms with Gasteiger partial charge in [0.2, 0.25) is 17.2 Å². The van der Waals surface area contributed by atoms with Crippen molar-refractivity contribution in [3.05, 3.63) is 96.0 Å². The van der Waals surface area contributed by atoms with E-state index in [2.05, 4.69) is 49.0 Å². The Kier molecular flexibility index (Phi) is 14.3. The van der Waals surface area contributed by atoms with E-state index in [1.807, 2.05) is 0 Å². The quantitative estimate of drug-likeness (QED) is 0.0766. The summed E-state index contributed by atoms with van der Waals surface area (Å²) in [6, 6.07) is 12.1. The molecule has 54 heavy (non-hydrogen) atoms. The van der Waals surface area contributed by atoms with Gasteiger partial charge in [0.25, 0.3) is 0 Å². The average Bonchev–Trinajstić information content (AvgIpc) is 3.07. The maximum absolute atomic E-state index is 12.3. The van der Waals surface area contributed by atoms with Crippen LogP contribution in [0.3, 0.4) is 0 Å². The van der Waals surface area contributed by atoms with Crippen LogP contribution in [0.15, 0.2) is 121 Å². The van der Waals surface area contributed by atoms with E-state index < -0.39 is 83.4 Å². The summed E-state index contributed by atoms with van der Waals surface area (Å²) < 4.78 is 121. The molecule has 5 aromatic rings. The van der Waals surface area contributed by atoms with Crippen molar-refractivity contribution in [1.29, 1.82) is 0 Å². The van der Waals surface area contributed by atoms with Crippen LogP contribution in [0, 0.1) is 0 Å². The monoisotopic (exact) mass is 851 g/mol. The van der Waals surface area contributed by atoms with Crippen LogP contribution >= 0.6 is 11.6 Å². The fourth-order valence-corrected chi connectivity index (χ4v) is 7.19. The predicted octanol–water partition coefficient (Wildman–Crippen LogP) is -1.06. The molecule has 3 N–H and O–H groups in total. The third-order valence-electron chi connectivity index (χ3n) is 6.84. The van der Waals surface area contributed by atoms with Gasteiger partial charge < -0.3 is 24.8 Å². The molecule has 0 bridgehead atoms. The van der Waals surface area contributed by atoms with Gasteiger partial charge in [-0.3, -0.25) is 0 Å². The maximum atomic E-state index is 12.3. The van der Waals surface area contributed by atoms with E-state index in [4.69, 9.17) is 11.6 Å². The number of anilines is 4. The topological polar surface area (TPSA) is 290 Å². The second kappa shape index (κ2) is 17.2. The largest absolute Gasteiger partial charge is 1.00 e. The van der Waals surface area contributed by atoms with Crippen molar-refractivity contribution in [1.82, 2.24) is 15.0 Å². The van der Waals surface area contributed by atoms with Gasteiger partial charge in [0.05, 0.1) is 31.0 Å². The van der Waals surface area contributed by atoms with E-state index in [0.717, 1.165) is 29.0 Å². The van der Waals surface area contributed by atoms with Crippen molar-refractivity contribution in [3.8, 4) is 5.75 Å².